The SMILES string of the molecule is CN(C)c1nc2ccc(C(O)(c3ccc(F)cc3)c3cccnc3)cc2c(Cl)c1-c1ccccc1. The van der Waals surface area contributed by atoms with Crippen molar-refractivity contribution in [1.29, 1.82) is 0 Å². The number of hydrogen-bond acceptors (Lipinski definition) is 4. The molecule has 0 aliphatic carbocycles. The summed E-state index contributed by atoms with van der Waals surface area (Å²) in [6, 6.07) is 24.8. The summed E-state index contributed by atoms with van der Waals surface area (Å²) in [6.07, 6.45) is 3.25. The summed E-state index contributed by atoms with van der Waals surface area (Å²) >= 11 is 7.05. The summed E-state index contributed by atoms with van der Waals surface area (Å²) in [4.78, 5) is 11.0. The quantitative estimate of drug-likeness (QED) is 0.312. The fourth-order valence-electron chi connectivity index (χ4n) is 4.39. The summed E-state index contributed by atoms with van der Waals surface area (Å²) in [7, 11) is 3.86. The molecule has 0 aliphatic heterocycles. The maximum Gasteiger partial charge on any atom is 0.142 e. The highest BCUT2D eigenvalue weighted by atomic mass is 35.5. The summed E-state index contributed by atoms with van der Waals surface area (Å²) in [5.41, 5.74) is 2.54. The van der Waals surface area contributed by atoms with Gasteiger partial charge in [0.25, 0.3) is 0 Å². The molecule has 6 heteroatoms. The third kappa shape index (κ3) is 4.03. The fourth-order valence-corrected chi connectivity index (χ4v) is 4.73. The van der Waals surface area contributed by atoms with Crippen molar-refractivity contribution in [3.05, 3.63) is 125 Å². The Hall–Kier alpha value is -3.80. The van der Waals surface area contributed by atoms with E-state index >= 15 is 0 Å². The third-order valence-electron chi connectivity index (χ3n) is 6.15. The van der Waals surface area contributed by atoms with Crippen molar-refractivity contribution in [1.82, 2.24) is 9.97 Å². The van der Waals surface area contributed by atoms with Crippen LogP contribution in [-0.4, -0.2) is 29.2 Å². The first-order valence-electron chi connectivity index (χ1n) is 11.1. The Morgan fingerprint density at radius 3 is 2.23 bits per heavy atom. The lowest BCUT2D eigenvalue weighted by Crippen LogP contribution is -2.29. The second-order valence-electron chi connectivity index (χ2n) is 8.58. The normalized spacial score (nSPS) is 12.9. The van der Waals surface area contributed by atoms with Crippen molar-refractivity contribution in [3.63, 3.8) is 0 Å². The minimum absolute atomic E-state index is 0.378. The van der Waals surface area contributed by atoms with Crippen LogP contribution in [0.3, 0.4) is 0 Å². The Morgan fingerprint density at radius 1 is 0.857 bits per heavy atom. The van der Waals surface area contributed by atoms with E-state index in [4.69, 9.17) is 16.6 Å². The molecular formula is C29H23ClFN3O. The molecule has 0 spiro atoms. The predicted molar refractivity (Wildman–Crippen MR) is 139 cm³/mol. The van der Waals surface area contributed by atoms with Gasteiger partial charge in [0.15, 0.2) is 0 Å². The summed E-state index contributed by atoms with van der Waals surface area (Å²) in [6.45, 7) is 0. The van der Waals surface area contributed by atoms with Gasteiger partial charge in [-0.1, -0.05) is 66.2 Å². The Bertz CT molecular complexity index is 1490. The first kappa shape index (κ1) is 23.0. The number of pyridine rings is 2. The van der Waals surface area contributed by atoms with Crippen molar-refractivity contribution < 1.29 is 9.50 Å². The molecule has 0 radical (unpaired) electrons. The van der Waals surface area contributed by atoms with Crippen LogP contribution >= 0.6 is 11.6 Å². The molecule has 2 heterocycles. The molecule has 1 unspecified atom stereocenters. The van der Waals surface area contributed by atoms with Crippen LogP contribution in [-0.2, 0) is 5.60 Å². The van der Waals surface area contributed by atoms with Gasteiger partial charge in [0.05, 0.1) is 10.5 Å². The maximum absolute atomic E-state index is 13.7. The highest BCUT2D eigenvalue weighted by Crippen LogP contribution is 2.43. The van der Waals surface area contributed by atoms with Crippen molar-refractivity contribution in [2.75, 3.05) is 19.0 Å². The molecule has 35 heavy (non-hydrogen) atoms. The molecule has 0 aliphatic rings. The van der Waals surface area contributed by atoms with Crippen LogP contribution in [0.15, 0.2) is 97.3 Å². The number of aromatic nitrogens is 2. The van der Waals surface area contributed by atoms with Crippen molar-refractivity contribution in [2.45, 2.75) is 5.60 Å². The van der Waals surface area contributed by atoms with E-state index in [1.165, 1.54) is 12.1 Å². The smallest absolute Gasteiger partial charge is 0.142 e. The third-order valence-corrected chi connectivity index (χ3v) is 6.54. The van der Waals surface area contributed by atoms with Crippen LogP contribution in [0.25, 0.3) is 22.0 Å². The van der Waals surface area contributed by atoms with E-state index in [-0.39, 0.29) is 5.82 Å². The zero-order valence-corrected chi connectivity index (χ0v) is 20.0. The Kier molecular flexibility index (Phi) is 5.97. The van der Waals surface area contributed by atoms with E-state index in [0.717, 1.165) is 16.9 Å². The average Bonchev–Trinajstić information content (AvgIpc) is 2.89. The lowest BCUT2D eigenvalue weighted by atomic mass is 9.80. The molecule has 1 N–H and O–H groups in total. The van der Waals surface area contributed by atoms with E-state index in [1.54, 1.807) is 36.7 Å². The molecule has 174 valence electrons. The minimum atomic E-state index is -1.58. The first-order valence-corrected chi connectivity index (χ1v) is 11.5. The van der Waals surface area contributed by atoms with Gasteiger partial charge >= 0.3 is 0 Å². The summed E-state index contributed by atoms with van der Waals surface area (Å²) in [5, 5.41) is 13.4. The number of aliphatic hydroxyl groups is 1. The minimum Gasteiger partial charge on any atom is -0.376 e. The zero-order valence-electron chi connectivity index (χ0n) is 19.3. The van der Waals surface area contributed by atoms with Crippen LogP contribution in [0, 0.1) is 5.82 Å². The monoisotopic (exact) mass is 483 g/mol. The van der Waals surface area contributed by atoms with Crippen LogP contribution in [0.5, 0.6) is 0 Å². The van der Waals surface area contributed by atoms with E-state index in [9.17, 15) is 9.50 Å². The molecule has 0 bridgehead atoms. The summed E-state index contributed by atoms with van der Waals surface area (Å²) < 4.78 is 13.7. The topological polar surface area (TPSA) is 49.2 Å². The number of rotatable bonds is 5. The molecular weight excluding hydrogens is 461 g/mol. The zero-order chi connectivity index (χ0) is 24.6. The van der Waals surface area contributed by atoms with Crippen LogP contribution in [0.2, 0.25) is 5.02 Å². The van der Waals surface area contributed by atoms with Crippen molar-refractivity contribution in [3.8, 4) is 11.1 Å². The highest BCUT2D eigenvalue weighted by Gasteiger charge is 2.35. The van der Waals surface area contributed by atoms with Gasteiger partial charge in [-0.25, -0.2) is 9.37 Å². The van der Waals surface area contributed by atoms with Crippen molar-refractivity contribution in [2.24, 2.45) is 0 Å². The number of fused-ring (bicyclic) bond motifs is 1. The van der Waals surface area contributed by atoms with Crippen LogP contribution in [0.1, 0.15) is 16.7 Å². The van der Waals surface area contributed by atoms with E-state index in [2.05, 4.69) is 4.98 Å². The Labute approximate surface area is 208 Å². The lowest BCUT2D eigenvalue weighted by molar-refractivity contribution is 0.125. The molecule has 1 atom stereocenters. The number of hydrogen-bond donors (Lipinski definition) is 1. The largest absolute Gasteiger partial charge is 0.376 e. The lowest BCUT2D eigenvalue weighted by Gasteiger charge is -2.30. The van der Waals surface area contributed by atoms with Gasteiger partial charge in [0.2, 0.25) is 0 Å². The van der Waals surface area contributed by atoms with Gasteiger partial charge in [-0.15, -0.1) is 0 Å². The molecule has 3 aromatic carbocycles. The number of halogens is 2. The Balaban J connectivity index is 1.79. The molecule has 0 saturated carbocycles. The van der Waals surface area contributed by atoms with Gasteiger partial charge < -0.3 is 10.0 Å². The van der Waals surface area contributed by atoms with Crippen LogP contribution < -0.4 is 4.90 Å². The first-order chi connectivity index (χ1) is 16.9. The maximum atomic E-state index is 13.7. The molecule has 0 amide bonds. The van der Waals surface area contributed by atoms with E-state index < -0.39 is 5.60 Å². The molecule has 4 nitrogen and oxygen atoms in total. The van der Waals surface area contributed by atoms with Gasteiger partial charge in [0, 0.05) is 43.0 Å². The standard InChI is InChI=1S/C29H23ClFN3O/c1-34(2)28-26(19-7-4-3-5-8-19)27(30)24-17-21(12-15-25(24)33-28)29(35,22-9-6-16-32-18-22)20-10-13-23(31)14-11-20/h3-18,35H,1-2H3. The number of anilines is 1. The second-order valence-corrected chi connectivity index (χ2v) is 8.95. The Morgan fingerprint density at radius 2 is 1.57 bits per heavy atom. The predicted octanol–water partition coefficient (Wildman–Crippen LogP) is 6.44. The van der Waals surface area contributed by atoms with Gasteiger partial charge in [-0.3, -0.25) is 4.98 Å². The van der Waals surface area contributed by atoms with E-state index in [1.807, 2.05) is 67.5 Å². The van der Waals surface area contributed by atoms with Gasteiger partial charge in [-0.05, 0) is 47.0 Å². The highest BCUT2D eigenvalue weighted by molar-refractivity contribution is 6.38. The van der Waals surface area contributed by atoms with Crippen LogP contribution in [0.4, 0.5) is 10.2 Å². The average molecular weight is 484 g/mol. The second kappa shape index (κ2) is 9.10. The van der Waals surface area contributed by atoms with Gasteiger partial charge in [-0.2, -0.15) is 0 Å². The van der Waals surface area contributed by atoms with Crippen molar-refractivity contribution >= 4 is 28.3 Å². The number of nitrogens with zero attached hydrogens (tertiary/aromatic N) is 3. The molecule has 0 fully saturated rings. The number of benzene rings is 3. The van der Waals surface area contributed by atoms with E-state index in [0.29, 0.717) is 32.6 Å². The summed E-state index contributed by atoms with van der Waals surface area (Å²) in [5.74, 6) is 0.374. The molecule has 2 aromatic heterocycles. The fraction of sp³-hybridized carbons (Fsp3) is 0.103. The molecule has 5 aromatic rings. The molecule has 5 rings (SSSR count). The van der Waals surface area contributed by atoms with Gasteiger partial charge in [0.1, 0.15) is 17.2 Å². The molecule has 0 saturated heterocycles.